The lowest BCUT2D eigenvalue weighted by molar-refractivity contribution is 0.120. The molecule has 1 aromatic carbocycles. The summed E-state index contributed by atoms with van der Waals surface area (Å²) in [5.74, 6) is 0.100. The second-order valence-electron chi connectivity index (χ2n) is 5.15. The van der Waals surface area contributed by atoms with Crippen molar-refractivity contribution in [2.45, 2.75) is 38.8 Å². The first-order chi connectivity index (χ1) is 8.08. The smallest absolute Gasteiger partial charge is 0.123 e. The van der Waals surface area contributed by atoms with Crippen LogP contribution in [0.1, 0.15) is 37.4 Å². The third-order valence-electron chi connectivity index (χ3n) is 3.53. The Kier molecular flexibility index (Phi) is 3.79. The summed E-state index contributed by atoms with van der Waals surface area (Å²) in [4.78, 5) is 0. The maximum absolute atomic E-state index is 13.0. The zero-order valence-electron chi connectivity index (χ0n) is 10.4. The second-order valence-corrected chi connectivity index (χ2v) is 5.15. The summed E-state index contributed by atoms with van der Waals surface area (Å²) >= 11 is 0. The molecule has 0 radical (unpaired) electrons. The number of hydrogen-bond acceptors (Lipinski definition) is 2. The highest BCUT2D eigenvalue weighted by Crippen LogP contribution is 2.31. The number of aryl methyl sites for hydroxylation is 1. The molecule has 0 bridgehead atoms. The van der Waals surface area contributed by atoms with Crippen LogP contribution in [0.2, 0.25) is 0 Å². The summed E-state index contributed by atoms with van der Waals surface area (Å²) in [5.41, 5.74) is 2.28. The highest BCUT2D eigenvalue weighted by atomic mass is 19.1. The van der Waals surface area contributed by atoms with Crippen molar-refractivity contribution < 1.29 is 9.50 Å². The van der Waals surface area contributed by atoms with Crippen molar-refractivity contribution in [1.29, 1.82) is 0 Å². The number of aliphatic hydroxyl groups excluding tert-OH is 1. The minimum absolute atomic E-state index is 0.161. The molecule has 0 aliphatic heterocycles. The van der Waals surface area contributed by atoms with E-state index in [0.717, 1.165) is 18.4 Å². The van der Waals surface area contributed by atoms with Crippen LogP contribution >= 0.6 is 0 Å². The summed E-state index contributed by atoms with van der Waals surface area (Å²) in [6.07, 6.45) is 1.59. The minimum atomic E-state index is -0.320. The molecule has 0 saturated carbocycles. The molecule has 1 aliphatic carbocycles. The van der Waals surface area contributed by atoms with Crippen LogP contribution in [-0.4, -0.2) is 17.8 Å². The average molecular weight is 237 g/mol. The van der Waals surface area contributed by atoms with Gasteiger partial charge in [-0.15, -0.1) is 0 Å². The van der Waals surface area contributed by atoms with Crippen molar-refractivity contribution in [2.24, 2.45) is 5.92 Å². The lowest BCUT2D eigenvalue weighted by Crippen LogP contribution is -2.32. The van der Waals surface area contributed by atoms with E-state index in [0.29, 0.717) is 6.54 Å². The lowest BCUT2D eigenvalue weighted by Gasteiger charge is -2.19. The molecule has 1 aliphatic rings. The molecule has 0 amide bonds. The summed E-state index contributed by atoms with van der Waals surface area (Å²) in [6, 6.07) is 5.25. The summed E-state index contributed by atoms with van der Waals surface area (Å²) in [7, 11) is 0. The van der Waals surface area contributed by atoms with Gasteiger partial charge < -0.3 is 10.4 Å². The van der Waals surface area contributed by atoms with E-state index >= 15 is 0 Å². The van der Waals surface area contributed by atoms with Crippen LogP contribution in [0.15, 0.2) is 18.2 Å². The first-order valence-electron chi connectivity index (χ1n) is 6.27. The highest BCUT2D eigenvalue weighted by molar-refractivity contribution is 5.34. The lowest BCUT2D eigenvalue weighted by atomic mass is 10.1. The molecule has 17 heavy (non-hydrogen) atoms. The fourth-order valence-electron chi connectivity index (χ4n) is 2.30. The molecule has 94 valence electrons. The average Bonchev–Trinajstić information content (AvgIpc) is 2.67. The Morgan fingerprint density at radius 1 is 1.47 bits per heavy atom. The van der Waals surface area contributed by atoms with E-state index in [9.17, 15) is 9.50 Å². The Morgan fingerprint density at radius 2 is 2.24 bits per heavy atom. The number of benzene rings is 1. The van der Waals surface area contributed by atoms with Crippen LogP contribution in [0.25, 0.3) is 0 Å². The fourth-order valence-corrected chi connectivity index (χ4v) is 2.30. The molecule has 0 heterocycles. The summed E-state index contributed by atoms with van der Waals surface area (Å²) in [6.45, 7) is 4.60. The molecule has 1 aromatic rings. The number of hydrogen-bond donors (Lipinski definition) is 2. The molecule has 2 atom stereocenters. The first kappa shape index (κ1) is 12.5. The van der Waals surface area contributed by atoms with Gasteiger partial charge in [0.15, 0.2) is 0 Å². The largest absolute Gasteiger partial charge is 0.392 e. The zero-order valence-corrected chi connectivity index (χ0v) is 10.4. The van der Waals surface area contributed by atoms with Crippen LogP contribution < -0.4 is 5.32 Å². The van der Waals surface area contributed by atoms with E-state index in [-0.39, 0.29) is 23.9 Å². The number of fused-ring (bicyclic) bond motifs is 1. The van der Waals surface area contributed by atoms with Gasteiger partial charge in [-0.1, -0.05) is 19.9 Å². The molecule has 2 N–H and O–H groups in total. The Hall–Kier alpha value is -0.930. The molecule has 0 saturated heterocycles. The molecule has 2 unspecified atom stereocenters. The first-order valence-corrected chi connectivity index (χ1v) is 6.27. The maximum Gasteiger partial charge on any atom is 0.123 e. The van der Waals surface area contributed by atoms with Gasteiger partial charge >= 0.3 is 0 Å². The zero-order chi connectivity index (χ0) is 12.4. The molecule has 2 rings (SSSR count). The topological polar surface area (TPSA) is 32.3 Å². The molecule has 0 fully saturated rings. The van der Waals surface area contributed by atoms with Gasteiger partial charge in [0.25, 0.3) is 0 Å². The third kappa shape index (κ3) is 2.85. The van der Waals surface area contributed by atoms with Gasteiger partial charge in [-0.25, -0.2) is 4.39 Å². The van der Waals surface area contributed by atoms with Crippen LogP contribution in [-0.2, 0) is 6.42 Å². The Labute approximate surface area is 102 Å². The molecule has 3 heteroatoms. The second kappa shape index (κ2) is 5.15. The summed E-state index contributed by atoms with van der Waals surface area (Å²) in [5, 5.41) is 13.1. The van der Waals surface area contributed by atoms with Crippen molar-refractivity contribution in [2.75, 3.05) is 6.54 Å². The SMILES string of the molecule is CC(C)C(O)CNC1CCc2cc(F)ccc21. The molecular weight excluding hydrogens is 217 g/mol. The van der Waals surface area contributed by atoms with E-state index < -0.39 is 0 Å². The predicted octanol–water partition coefficient (Wildman–Crippen LogP) is 2.42. The van der Waals surface area contributed by atoms with Crippen molar-refractivity contribution in [3.8, 4) is 0 Å². The van der Waals surface area contributed by atoms with Crippen molar-refractivity contribution in [1.82, 2.24) is 5.32 Å². The van der Waals surface area contributed by atoms with Gasteiger partial charge in [-0.05, 0) is 42.0 Å². The highest BCUT2D eigenvalue weighted by Gasteiger charge is 2.23. The van der Waals surface area contributed by atoms with Gasteiger partial charge in [-0.2, -0.15) is 0 Å². The fraction of sp³-hybridized carbons (Fsp3) is 0.571. The van der Waals surface area contributed by atoms with E-state index in [2.05, 4.69) is 5.32 Å². The van der Waals surface area contributed by atoms with Crippen molar-refractivity contribution in [3.05, 3.63) is 35.1 Å². The molecule has 2 nitrogen and oxygen atoms in total. The Bertz CT molecular complexity index is 392. The van der Waals surface area contributed by atoms with Crippen LogP contribution in [0.3, 0.4) is 0 Å². The Balaban J connectivity index is 1.98. The van der Waals surface area contributed by atoms with E-state index in [1.165, 1.54) is 11.6 Å². The monoisotopic (exact) mass is 237 g/mol. The number of rotatable bonds is 4. The third-order valence-corrected chi connectivity index (χ3v) is 3.53. The Morgan fingerprint density at radius 3 is 2.94 bits per heavy atom. The number of nitrogens with one attached hydrogen (secondary N) is 1. The molecule has 0 aromatic heterocycles. The van der Waals surface area contributed by atoms with Crippen molar-refractivity contribution >= 4 is 0 Å². The maximum atomic E-state index is 13.0. The van der Waals surface area contributed by atoms with Crippen LogP contribution in [0.5, 0.6) is 0 Å². The molecular formula is C14H20FNO. The molecule has 0 spiro atoms. The summed E-state index contributed by atoms with van der Waals surface area (Å²) < 4.78 is 13.0. The van der Waals surface area contributed by atoms with Crippen LogP contribution in [0, 0.1) is 11.7 Å². The van der Waals surface area contributed by atoms with Gasteiger partial charge in [0.2, 0.25) is 0 Å². The van der Waals surface area contributed by atoms with E-state index in [1.54, 1.807) is 6.07 Å². The number of halogens is 1. The van der Waals surface area contributed by atoms with Gasteiger partial charge in [-0.3, -0.25) is 0 Å². The number of aliphatic hydroxyl groups is 1. The minimum Gasteiger partial charge on any atom is -0.392 e. The van der Waals surface area contributed by atoms with Crippen molar-refractivity contribution in [3.63, 3.8) is 0 Å². The van der Waals surface area contributed by atoms with E-state index in [1.807, 2.05) is 19.9 Å². The normalized spacial score (nSPS) is 20.6. The predicted molar refractivity (Wildman–Crippen MR) is 66.3 cm³/mol. The van der Waals surface area contributed by atoms with Crippen LogP contribution in [0.4, 0.5) is 4.39 Å². The van der Waals surface area contributed by atoms with E-state index in [4.69, 9.17) is 0 Å². The standard InChI is InChI=1S/C14H20FNO/c1-9(2)14(17)8-16-13-6-3-10-7-11(15)4-5-12(10)13/h4-5,7,9,13-14,16-17H,3,6,8H2,1-2H3. The van der Waals surface area contributed by atoms with Gasteiger partial charge in [0.1, 0.15) is 5.82 Å². The quantitative estimate of drug-likeness (QED) is 0.843. The van der Waals surface area contributed by atoms with Gasteiger partial charge in [0, 0.05) is 12.6 Å². The van der Waals surface area contributed by atoms with Gasteiger partial charge in [0.05, 0.1) is 6.10 Å².